The molecule has 0 saturated carbocycles. The van der Waals surface area contributed by atoms with Gasteiger partial charge in [0.1, 0.15) is 18.1 Å². The minimum absolute atomic E-state index is 0.0481. The molecular weight excluding hydrogens is 424 g/mol. The molecule has 1 fully saturated rings. The molecule has 0 aromatic rings. The number of likely N-dealkylation sites (tertiary alicyclic amines) is 1. The number of carbonyl (C=O) groups is 6. The molecule has 1 saturated heterocycles. The molecule has 180 valence electrons. The molecule has 13 nitrogen and oxygen atoms in total. The molecule has 1 heterocycles. The zero-order chi connectivity index (χ0) is 24.6. The summed E-state index contributed by atoms with van der Waals surface area (Å²) >= 11 is 0. The molecule has 0 aliphatic carbocycles. The zero-order valence-corrected chi connectivity index (χ0v) is 18.2. The quantitative estimate of drug-likeness (QED) is 0.179. The summed E-state index contributed by atoms with van der Waals surface area (Å²) < 4.78 is 0. The van der Waals surface area contributed by atoms with E-state index in [4.69, 9.17) is 17.2 Å². The molecule has 0 aromatic heterocycles. The van der Waals surface area contributed by atoms with Crippen molar-refractivity contribution in [2.45, 2.75) is 70.1 Å². The van der Waals surface area contributed by atoms with E-state index in [2.05, 4.69) is 10.6 Å². The molecule has 0 spiro atoms. The number of aliphatic carboxylic acids is 1. The van der Waals surface area contributed by atoms with E-state index in [1.807, 2.05) is 0 Å². The minimum atomic E-state index is -1.54. The van der Waals surface area contributed by atoms with E-state index >= 15 is 0 Å². The Balaban J connectivity index is 2.86. The Morgan fingerprint density at radius 3 is 2.19 bits per heavy atom. The number of rotatable bonds is 12. The van der Waals surface area contributed by atoms with Gasteiger partial charge in [0.15, 0.2) is 0 Å². The van der Waals surface area contributed by atoms with Crippen molar-refractivity contribution in [3.05, 3.63) is 0 Å². The molecule has 13 heteroatoms. The number of nitrogens with two attached hydrogens (primary N) is 3. The maximum Gasteiger partial charge on any atom is 0.326 e. The molecule has 9 N–H and O–H groups in total. The second-order valence-corrected chi connectivity index (χ2v) is 8.10. The van der Waals surface area contributed by atoms with E-state index in [1.54, 1.807) is 13.8 Å². The summed E-state index contributed by atoms with van der Waals surface area (Å²) in [4.78, 5) is 72.7. The van der Waals surface area contributed by atoms with Crippen LogP contribution in [0.4, 0.5) is 0 Å². The fourth-order valence-corrected chi connectivity index (χ4v) is 3.38. The Kier molecular flexibility index (Phi) is 10.0. The normalized spacial score (nSPS) is 18.5. The third kappa shape index (κ3) is 7.80. The predicted molar refractivity (Wildman–Crippen MR) is 111 cm³/mol. The Morgan fingerprint density at radius 1 is 1.06 bits per heavy atom. The summed E-state index contributed by atoms with van der Waals surface area (Å²) in [5, 5.41) is 13.9. The largest absolute Gasteiger partial charge is 0.480 e. The minimum Gasteiger partial charge on any atom is -0.480 e. The molecular formula is C19H32N6O7. The smallest absolute Gasteiger partial charge is 0.326 e. The van der Waals surface area contributed by atoms with E-state index < -0.39 is 72.0 Å². The van der Waals surface area contributed by atoms with Gasteiger partial charge < -0.3 is 37.8 Å². The number of hydrogen-bond donors (Lipinski definition) is 6. The number of hydrogen-bond acceptors (Lipinski definition) is 7. The molecule has 1 aliphatic heterocycles. The van der Waals surface area contributed by atoms with Gasteiger partial charge in [-0.15, -0.1) is 0 Å². The van der Waals surface area contributed by atoms with Gasteiger partial charge in [-0.1, -0.05) is 13.8 Å². The maximum absolute atomic E-state index is 12.9. The highest BCUT2D eigenvalue weighted by molar-refractivity contribution is 5.95. The fourth-order valence-electron chi connectivity index (χ4n) is 3.38. The van der Waals surface area contributed by atoms with Gasteiger partial charge in [-0.3, -0.25) is 24.0 Å². The molecule has 5 amide bonds. The van der Waals surface area contributed by atoms with E-state index in [9.17, 15) is 33.9 Å². The lowest BCUT2D eigenvalue weighted by molar-refractivity contribution is -0.144. The lowest BCUT2D eigenvalue weighted by Gasteiger charge is -2.29. The molecule has 0 bridgehead atoms. The van der Waals surface area contributed by atoms with Gasteiger partial charge in [0.2, 0.25) is 29.5 Å². The molecule has 32 heavy (non-hydrogen) atoms. The summed E-state index contributed by atoms with van der Waals surface area (Å²) in [6.45, 7) is 3.58. The Morgan fingerprint density at radius 2 is 1.69 bits per heavy atom. The van der Waals surface area contributed by atoms with Crippen molar-refractivity contribution in [2.75, 3.05) is 6.54 Å². The summed E-state index contributed by atoms with van der Waals surface area (Å²) in [6.07, 6.45) is 0.278. The van der Waals surface area contributed by atoms with Crippen LogP contribution in [0.3, 0.4) is 0 Å². The summed E-state index contributed by atoms with van der Waals surface area (Å²) in [7, 11) is 0. The van der Waals surface area contributed by atoms with Gasteiger partial charge in [0.05, 0.1) is 12.5 Å². The zero-order valence-electron chi connectivity index (χ0n) is 18.2. The highest BCUT2D eigenvalue weighted by Crippen LogP contribution is 2.20. The number of carboxylic acid groups (broad SMARTS) is 1. The van der Waals surface area contributed by atoms with Crippen molar-refractivity contribution in [3.8, 4) is 0 Å². The van der Waals surface area contributed by atoms with E-state index in [1.165, 1.54) is 4.90 Å². The first-order chi connectivity index (χ1) is 14.8. The number of nitrogens with one attached hydrogen (secondary N) is 2. The van der Waals surface area contributed by atoms with Crippen LogP contribution < -0.4 is 27.8 Å². The lowest BCUT2D eigenvalue weighted by Crippen LogP contribution is -2.58. The van der Waals surface area contributed by atoms with Crippen LogP contribution >= 0.6 is 0 Å². The van der Waals surface area contributed by atoms with Crippen molar-refractivity contribution in [1.82, 2.24) is 15.5 Å². The van der Waals surface area contributed by atoms with Gasteiger partial charge >= 0.3 is 5.97 Å². The maximum atomic E-state index is 12.9. The van der Waals surface area contributed by atoms with E-state index in [0.717, 1.165) is 0 Å². The second kappa shape index (κ2) is 12.0. The lowest BCUT2D eigenvalue weighted by atomic mass is 10.0. The van der Waals surface area contributed by atoms with Gasteiger partial charge in [0.25, 0.3) is 0 Å². The fraction of sp³-hybridized carbons (Fsp3) is 0.684. The summed E-state index contributed by atoms with van der Waals surface area (Å²) in [5.74, 6) is -5.25. The van der Waals surface area contributed by atoms with Crippen LogP contribution in [0.5, 0.6) is 0 Å². The number of amides is 5. The molecule has 1 aliphatic rings. The van der Waals surface area contributed by atoms with Gasteiger partial charge in [-0.05, 0) is 25.2 Å². The van der Waals surface area contributed by atoms with E-state index in [-0.39, 0.29) is 12.8 Å². The standard InChI is InChI=1S/C19H32N6O7/c1-9(2)15(17(29)23-11(19(31)32)8-14(22)27)24-16(28)12-4-3-7-25(12)18(30)10(20)5-6-13(21)26/h9-12,15H,3-8,20H2,1-2H3,(H2,21,26)(H2,22,27)(H,23,29)(H,24,28)(H,31,32). The van der Waals surface area contributed by atoms with Crippen LogP contribution in [0.1, 0.15) is 46.0 Å². The first-order valence-electron chi connectivity index (χ1n) is 10.3. The number of carbonyl (C=O) groups excluding carboxylic acids is 5. The topological polar surface area (TPSA) is 228 Å². The average Bonchev–Trinajstić information content (AvgIpc) is 3.17. The van der Waals surface area contributed by atoms with Crippen LogP contribution in [-0.4, -0.2) is 76.2 Å². The third-order valence-electron chi connectivity index (χ3n) is 5.12. The average molecular weight is 457 g/mol. The SMILES string of the molecule is CC(C)C(NC(=O)C1CCCN1C(=O)C(N)CCC(N)=O)C(=O)NC(CC(N)=O)C(=O)O. The Labute approximate surface area is 185 Å². The van der Waals surface area contributed by atoms with Gasteiger partial charge in [-0.2, -0.15) is 0 Å². The van der Waals surface area contributed by atoms with Crippen molar-refractivity contribution >= 4 is 35.5 Å². The monoisotopic (exact) mass is 456 g/mol. The molecule has 1 rings (SSSR count). The molecule has 0 radical (unpaired) electrons. The first-order valence-corrected chi connectivity index (χ1v) is 10.3. The van der Waals surface area contributed by atoms with Crippen molar-refractivity contribution < 1.29 is 33.9 Å². The van der Waals surface area contributed by atoms with E-state index in [0.29, 0.717) is 19.4 Å². The Bertz CT molecular complexity index is 756. The number of carboxylic acids is 1. The third-order valence-corrected chi connectivity index (χ3v) is 5.12. The summed E-state index contributed by atoms with van der Waals surface area (Å²) in [5.41, 5.74) is 15.9. The number of nitrogens with zero attached hydrogens (tertiary/aromatic N) is 1. The highest BCUT2D eigenvalue weighted by atomic mass is 16.4. The van der Waals surface area contributed by atoms with Crippen LogP contribution in [0.15, 0.2) is 0 Å². The second-order valence-electron chi connectivity index (χ2n) is 8.10. The molecule has 4 unspecified atom stereocenters. The van der Waals surface area contributed by atoms with Crippen molar-refractivity contribution in [2.24, 2.45) is 23.1 Å². The highest BCUT2D eigenvalue weighted by Gasteiger charge is 2.38. The van der Waals surface area contributed by atoms with Crippen LogP contribution in [0.25, 0.3) is 0 Å². The van der Waals surface area contributed by atoms with Crippen LogP contribution in [0.2, 0.25) is 0 Å². The van der Waals surface area contributed by atoms with Gasteiger partial charge in [-0.25, -0.2) is 4.79 Å². The number of primary amides is 2. The van der Waals surface area contributed by atoms with Crippen molar-refractivity contribution in [3.63, 3.8) is 0 Å². The molecule has 0 aromatic carbocycles. The first kappa shape index (κ1) is 26.8. The van der Waals surface area contributed by atoms with Crippen LogP contribution in [0, 0.1) is 5.92 Å². The van der Waals surface area contributed by atoms with Crippen LogP contribution in [-0.2, 0) is 28.8 Å². The Hall–Kier alpha value is -3.22. The van der Waals surface area contributed by atoms with Crippen molar-refractivity contribution in [1.29, 1.82) is 0 Å². The summed E-state index contributed by atoms with van der Waals surface area (Å²) in [6, 6.07) is -4.51. The molecule has 4 atom stereocenters. The van der Waals surface area contributed by atoms with Gasteiger partial charge in [0, 0.05) is 13.0 Å². The predicted octanol–water partition coefficient (Wildman–Crippen LogP) is -2.84.